The number of benzene rings is 1. The van der Waals surface area contributed by atoms with Gasteiger partial charge < -0.3 is 5.32 Å². The van der Waals surface area contributed by atoms with Crippen LogP contribution in [0.5, 0.6) is 0 Å². The normalized spacial score (nSPS) is 11.1. The Morgan fingerprint density at radius 1 is 1.40 bits per heavy atom. The number of rotatable bonds is 5. The van der Waals surface area contributed by atoms with Gasteiger partial charge in [0.1, 0.15) is 0 Å². The fraction of sp³-hybridized carbons (Fsp3) is 0.250. The van der Waals surface area contributed by atoms with Crippen LogP contribution in [0.3, 0.4) is 0 Å². The summed E-state index contributed by atoms with van der Waals surface area (Å²) in [6.45, 7) is 6.25. The summed E-state index contributed by atoms with van der Waals surface area (Å²) in [4.78, 5) is 15.7. The summed E-state index contributed by atoms with van der Waals surface area (Å²) in [5.41, 5.74) is 4.23. The monoisotopic (exact) mass is 337 g/mol. The molecule has 4 nitrogen and oxygen atoms in total. The van der Waals surface area contributed by atoms with Gasteiger partial charge in [0.05, 0.1) is 11.6 Å². The molecular formula is C20H20FN3O. The summed E-state index contributed by atoms with van der Waals surface area (Å²) in [6, 6.07) is 8.52. The van der Waals surface area contributed by atoms with Crippen molar-refractivity contribution in [2.24, 2.45) is 0 Å². The molecule has 0 spiro atoms. The van der Waals surface area contributed by atoms with Gasteiger partial charge in [-0.3, -0.25) is 4.79 Å². The average molecular weight is 337 g/mol. The number of pyridine rings is 1. The fourth-order valence-corrected chi connectivity index (χ4v) is 2.46. The van der Waals surface area contributed by atoms with E-state index >= 15 is 0 Å². The van der Waals surface area contributed by atoms with Crippen molar-refractivity contribution >= 4 is 12.0 Å². The number of hydrogen-bond donors (Lipinski definition) is 1. The number of carbonyl (C=O) groups is 1. The molecule has 128 valence electrons. The molecule has 0 atom stereocenters. The molecule has 0 saturated heterocycles. The smallest absolute Gasteiger partial charge is 0.246 e. The van der Waals surface area contributed by atoms with Crippen molar-refractivity contribution in [2.75, 3.05) is 6.54 Å². The molecule has 0 saturated carbocycles. The van der Waals surface area contributed by atoms with Gasteiger partial charge in [-0.1, -0.05) is 6.92 Å². The Kier molecular flexibility index (Phi) is 6.02. The standard InChI is InChI=1S/C20H20FN3O/c1-4-7-23-20(25)13(2)8-17-9-15(11-22)10-18(14(17)3)16-5-6-19(21)24-12-16/h5-6,8-10,12H,4,7H2,1-3H3,(H,23,25)/b13-8+. The van der Waals surface area contributed by atoms with Gasteiger partial charge in [-0.25, -0.2) is 4.98 Å². The number of halogens is 1. The van der Waals surface area contributed by atoms with E-state index in [0.717, 1.165) is 28.7 Å². The highest BCUT2D eigenvalue weighted by molar-refractivity contribution is 5.97. The molecule has 1 amide bonds. The molecule has 5 heteroatoms. The van der Waals surface area contributed by atoms with Crippen molar-refractivity contribution in [2.45, 2.75) is 27.2 Å². The van der Waals surface area contributed by atoms with E-state index in [1.54, 1.807) is 31.2 Å². The third kappa shape index (κ3) is 4.51. The lowest BCUT2D eigenvalue weighted by molar-refractivity contribution is -0.117. The first-order valence-corrected chi connectivity index (χ1v) is 8.09. The van der Waals surface area contributed by atoms with Crippen molar-refractivity contribution in [3.63, 3.8) is 0 Å². The van der Waals surface area contributed by atoms with Gasteiger partial charge in [0, 0.05) is 23.9 Å². The molecule has 0 radical (unpaired) electrons. The van der Waals surface area contributed by atoms with Crippen molar-refractivity contribution in [1.29, 1.82) is 5.26 Å². The van der Waals surface area contributed by atoms with E-state index < -0.39 is 5.95 Å². The second-order valence-corrected chi connectivity index (χ2v) is 5.80. The van der Waals surface area contributed by atoms with E-state index in [1.807, 2.05) is 13.8 Å². The van der Waals surface area contributed by atoms with Crippen LogP contribution in [0.4, 0.5) is 4.39 Å². The van der Waals surface area contributed by atoms with Gasteiger partial charge in [0.25, 0.3) is 0 Å². The van der Waals surface area contributed by atoms with E-state index in [0.29, 0.717) is 17.7 Å². The zero-order valence-electron chi connectivity index (χ0n) is 14.6. The van der Waals surface area contributed by atoms with Crippen LogP contribution in [0.25, 0.3) is 17.2 Å². The van der Waals surface area contributed by atoms with E-state index in [1.165, 1.54) is 12.3 Å². The summed E-state index contributed by atoms with van der Waals surface area (Å²) >= 11 is 0. The maximum Gasteiger partial charge on any atom is 0.246 e. The van der Waals surface area contributed by atoms with Gasteiger partial charge >= 0.3 is 0 Å². The van der Waals surface area contributed by atoms with Crippen molar-refractivity contribution in [1.82, 2.24) is 10.3 Å². The lowest BCUT2D eigenvalue weighted by Gasteiger charge is -2.11. The third-order valence-electron chi connectivity index (χ3n) is 3.88. The highest BCUT2D eigenvalue weighted by Gasteiger charge is 2.11. The van der Waals surface area contributed by atoms with Crippen LogP contribution in [-0.4, -0.2) is 17.4 Å². The molecule has 0 unspecified atom stereocenters. The van der Waals surface area contributed by atoms with Gasteiger partial charge in [-0.2, -0.15) is 9.65 Å². The lowest BCUT2D eigenvalue weighted by Crippen LogP contribution is -2.24. The second-order valence-electron chi connectivity index (χ2n) is 5.80. The second kappa shape index (κ2) is 8.20. The van der Waals surface area contributed by atoms with Crippen LogP contribution in [0.15, 0.2) is 36.0 Å². The van der Waals surface area contributed by atoms with Crippen molar-refractivity contribution in [3.8, 4) is 17.2 Å². The van der Waals surface area contributed by atoms with Crippen LogP contribution in [0.1, 0.15) is 37.0 Å². The Balaban J connectivity index is 2.49. The molecule has 0 fully saturated rings. The van der Waals surface area contributed by atoms with Crippen LogP contribution < -0.4 is 5.32 Å². The van der Waals surface area contributed by atoms with Gasteiger partial charge in [-0.05, 0) is 67.3 Å². The van der Waals surface area contributed by atoms with Crippen LogP contribution >= 0.6 is 0 Å². The van der Waals surface area contributed by atoms with Gasteiger partial charge in [0.2, 0.25) is 11.9 Å². The number of nitrogens with one attached hydrogen (secondary N) is 1. The maximum absolute atomic E-state index is 13.1. The SMILES string of the molecule is CCCNC(=O)/C(C)=C/c1cc(C#N)cc(-c2ccc(F)nc2)c1C. The minimum absolute atomic E-state index is 0.131. The highest BCUT2D eigenvalue weighted by Crippen LogP contribution is 2.28. The van der Waals surface area contributed by atoms with E-state index in [-0.39, 0.29) is 5.91 Å². The molecule has 25 heavy (non-hydrogen) atoms. The third-order valence-corrected chi connectivity index (χ3v) is 3.88. The predicted octanol–water partition coefficient (Wildman–Crippen LogP) is 4.00. The summed E-state index contributed by atoms with van der Waals surface area (Å²) in [7, 11) is 0. The number of carbonyl (C=O) groups excluding carboxylic acids is 1. The fourth-order valence-electron chi connectivity index (χ4n) is 2.46. The number of hydrogen-bond acceptors (Lipinski definition) is 3. The highest BCUT2D eigenvalue weighted by atomic mass is 19.1. The predicted molar refractivity (Wildman–Crippen MR) is 96.0 cm³/mol. The molecule has 2 aromatic rings. The zero-order chi connectivity index (χ0) is 18.4. The van der Waals surface area contributed by atoms with E-state index in [2.05, 4.69) is 16.4 Å². The van der Waals surface area contributed by atoms with E-state index in [4.69, 9.17) is 0 Å². The summed E-state index contributed by atoms with van der Waals surface area (Å²) in [5, 5.41) is 12.1. The largest absolute Gasteiger partial charge is 0.352 e. The molecule has 2 rings (SSSR count). The number of nitrogens with zero attached hydrogens (tertiary/aromatic N) is 2. The van der Waals surface area contributed by atoms with Crippen LogP contribution in [0, 0.1) is 24.2 Å². The first kappa shape index (κ1) is 18.3. The maximum atomic E-state index is 13.1. The molecular weight excluding hydrogens is 317 g/mol. The summed E-state index contributed by atoms with van der Waals surface area (Å²) in [6.07, 6.45) is 4.07. The summed E-state index contributed by atoms with van der Waals surface area (Å²) < 4.78 is 13.1. The first-order valence-electron chi connectivity index (χ1n) is 8.09. The minimum atomic E-state index is -0.554. The number of nitriles is 1. The quantitative estimate of drug-likeness (QED) is 0.662. The Morgan fingerprint density at radius 3 is 2.76 bits per heavy atom. The molecule has 0 aliphatic carbocycles. The van der Waals surface area contributed by atoms with Crippen LogP contribution in [0.2, 0.25) is 0 Å². The number of amides is 1. The lowest BCUT2D eigenvalue weighted by atomic mass is 9.94. The first-order chi connectivity index (χ1) is 12.0. The molecule has 1 aromatic carbocycles. The summed E-state index contributed by atoms with van der Waals surface area (Å²) in [5.74, 6) is -0.685. The molecule has 1 heterocycles. The molecule has 1 aromatic heterocycles. The van der Waals surface area contributed by atoms with Crippen LogP contribution in [-0.2, 0) is 4.79 Å². The van der Waals surface area contributed by atoms with Crippen molar-refractivity contribution in [3.05, 3.63) is 58.7 Å². The Morgan fingerprint density at radius 2 is 2.16 bits per heavy atom. The van der Waals surface area contributed by atoms with Gasteiger partial charge in [0.15, 0.2) is 0 Å². The Hall–Kier alpha value is -3.00. The van der Waals surface area contributed by atoms with E-state index in [9.17, 15) is 14.4 Å². The number of aromatic nitrogens is 1. The molecule has 0 aliphatic heterocycles. The molecule has 0 bridgehead atoms. The average Bonchev–Trinajstić information content (AvgIpc) is 2.62. The molecule has 0 aliphatic rings. The zero-order valence-corrected chi connectivity index (χ0v) is 14.6. The Bertz CT molecular complexity index is 848. The van der Waals surface area contributed by atoms with Crippen molar-refractivity contribution < 1.29 is 9.18 Å². The Labute approximate surface area is 147 Å². The molecule has 1 N–H and O–H groups in total. The minimum Gasteiger partial charge on any atom is -0.352 e. The van der Waals surface area contributed by atoms with Gasteiger partial charge in [-0.15, -0.1) is 0 Å². The topological polar surface area (TPSA) is 65.8 Å².